The van der Waals surface area contributed by atoms with E-state index in [2.05, 4.69) is 15.6 Å². The second-order valence-corrected chi connectivity index (χ2v) is 5.44. The molecule has 0 fully saturated rings. The Hall–Kier alpha value is -1.90. The molecule has 27 heavy (non-hydrogen) atoms. The van der Waals surface area contributed by atoms with E-state index < -0.39 is 12.0 Å². The summed E-state index contributed by atoms with van der Waals surface area (Å²) in [7, 11) is 0. The number of rotatable bonds is 11. The van der Waals surface area contributed by atoms with Gasteiger partial charge in [-0.1, -0.05) is 6.07 Å². The van der Waals surface area contributed by atoms with Crippen LogP contribution in [-0.2, 0) is 19.1 Å². The van der Waals surface area contributed by atoms with Crippen LogP contribution in [0.2, 0.25) is 0 Å². The molecule has 4 N–H and O–H groups in total. The van der Waals surface area contributed by atoms with E-state index in [1.165, 1.54) is 0 Å². The molecular weight excluding hydrogens is 395 g/mol. The topological polar surface area (TPSA) is 123 Å². The predicted molar refractivity (Wildman–Crippen MR) is 107 cm³/mol. The third-order valence-electron chi connectivity index (χ3n) is 3.40. The van der Waals surface area contributed by atoms with Crippen LogP contribution >= 0.6 is 24.8 Å². The molecule has 1 atom stereocenters. The van der Waals surface area contributed by atoms with Gasteiger partial charge in [0, 0.05) is 18.8 Å². The van der Waals surface area contributed by atoms with Gasteiger partial charge in [-0.3, -0.25) is 19.4 Å². The Morgan fingerprint density at radius 3 is 2.56 bits per heavy atom. The Kier molecular flexibility index (Phi) is 16.5. The highest BCUT2D eigenvalue weighted by Crippen LogP contribution is 2.16. The lowest BCUT2D eigenvalue weighted by molar-refractivity contribution is -0.144. The number of nitrogens with two attached hydrogens (primary N) is 1. The summed E-state index contributed by atoms with van der Waals surface area (Å²) in [5.41, 5.74) is 6.06. The first-order chi connectivity index (χ1) is 12.1. The number of esters is 1. The molecule has 0 radical (unpaired) electrons. The molecule has 1 heterocycles. The first kappa shape index (κ1) is 27.3. The van der Waals surface area contributed by atoms with Crippen LogP contribution in [0.5, 0.6) is 0 Å². The minimum Gasteiger partial charge on any atom is -0.466 e. The first-order valence-corrected chi connectivity index (χ1v) is 8.38. The summed E-state index contributed by atoms with van der Waals surface area (Å²) in [4.78, 5) is 39.5. The summed E-state index contributed by atoms with van der Waals surface area (Å²) >= 11 is 0. The first-order valence-electron chi connectivity index (χ1n) is 8.38. The van der Waals surface area contributed by atoms with Crippen molar-refractivity contribution >= 4 is 42.6 Å². The van der Waals surface area contributed by atoms with Crippen molar-refractivity contribution in [2.75, 3.05) is 19.7 Å². The Labute approximate surface area is 171 Å². The normalized spacial score (nSPS) is 10.6. The van der Waals surface area contributed by atoms with Gasteiger partial charge in [-0.05, 0) is 37.9 Å². The molecule has 1 aromatic heterocycles. The highest BCUT2D eigenvalue weighted by atomic mass is 35.5. The third kappa shape index (κ3) is 12.2. The zero-order valence-electron chi connectivity index (χ0n) is 15.3. The van der Waals surface area contributed by atoms with E-state index in [1.54, 1.807) is 31.5 Å². The van der Waals surface area contributed by atoms with E-state index in [0.29, 0.717) is 24.9 Å². The number of hydrogen-bond donors (Lipinski definition) is 3. The SMILES string of the molecule is CCOC(=O)C[C@H](NC(=O)CNC(=O)CCCCN)c1cccnc1.Cl.Cl. The van der Waals surface area contributed by atoms with Crippen LogP contribution in [-0.4, -0.2) is 42.5 Å². The van der Waals surface area contributed by atoms with Crippen molar-refractivity contribution in [1.29, 1.82) is 0 Å². The van der Waals surface area contributed by atoms with Gasteiger partial charge in [-0.15, -0.1) is 24.8 Å². The van der Waals surface area contributed by atoms with Crippen molar-refractivity contribution < 1.29 is 19.1 Å². The maximum atomic E-state index is 12.1. The second kappa shape index (κ2) is 16.3. The highest BCUT2D eigenvalue weighted by molar-refractivity contribution is 5.86. The van der Waals surface area contributed by atoms with Gasteiger partial charge in [0.1, 0.15) is 0 Å². The van der Waals surface area contributed by atoms with E-state index in [0.717, 1.165) is 6.42 Å². The molecule has 0 aliphatic heterocycles. The minimum atomic E-state index is -0.561. The standard InChI is InChI=1S/C17H26N4O4.2ClH/c1-2-25-17(24)10-14(13-6-5-9-19-11-13)21-16(23)12-20-15(22)7-3-4-8-18;;/h5-6,9,11,14H,2-4,7-8,10,12,18H2,1H3,(H,20,22)(H,21,23);2*1H/t14-;;/m0../s1. The lowest BCUT2D eigenvalue weighted by Crippen LogP contribution is -2.39. The Bertz CT molecular complexity index is 561. The van der Waals surface area contributed by atoms with Crippen LogP contribution in [0.25, 0.3) is 0 Å². The number of nitrogens with one attached hydrogen (secondary N) is 2. The molecule has 0 saturated heterocycles. The van der Waals surface area contributed by atoms with Crippen LogP contribution in [0.1, 0.15) is 44.2 Å². The number of halogens is 2. The van der Waals surface area contributed by atoms with Crippen molar-refractivity contribution in [3.05, 3.63) is 30.1 Å². The molecular formula is C17H28Cl2N4O4. The molecule has 0 unspecified atom stereocenters. The second-order valence-electron chi connectivity index (χ2n) is 5.44. The summed E-state index contributed by atoms with van der Waals surface area (Å²) in [6.45, 7) is 2.37. The van der Waals surface area contributed by atoms with Gasteiger partial charge in [0.15, 0.2) is 0 Å². The molecule has 0 saturated carbocycles. The Morgan fingerprint density at radius 2 is 1.96 bits per heavy atom. The molecule has 0 bridgehead atoms. The number of amides is 2. The van der Waals surface area contributed by atoms with E-state index in [-0.39, 0.29) is 56.2 Å². The highest BCUT2D eigenvalue weighted by Gasteiger charge is 2.19. The van der Waals surface area contributed by atoms with Crippen LogP contribution < -0.4 is 16.4 Å². The van der Waals surface area contributed by atoms with Crippen LogP contribution in [0, 0.1) is 0 Å². The molecule has 1 rings (SSSR count). The molecule has 2 amide bonds. The van der Waals surface area contributed by atoms with E-state index in [4.69, 9.17) is 10.5 Å². The molecule has 0 aliphatic rings. The maximum Gasteiger partial charge on any atom is 0.308 e. The van der Waals surface area contributed by atoms with Crippen LogP contribution in [0.15, 0.2) is 24.5 Å². The lowest BCUT2D eigenvalue weighted by Gasteiger charge is -2.18. The molecule has 1 aromatic rings. The fourth-order valence-corrected chi connectivity index (χ4v) is 2.16. The van der Waals surface area contributed by atoms with Crippen molar-refractivity contribution in [3.63, 3.8) is 0 Å². The van der Waals surface area contributed by atoms with Gasteiger partial charge in [-0.2, -0.15) is 0 Å². The number of ether oxygens (including phenoxy) is 1. The van der Waals surface area contributed by atoms with E-state index in [1.807, 2.05) is 0 Å². The predicted octanol–water partition coefficient (Wildman–Crippen LogP) is 1.28. The summed E-state index contributed by atoms with van der Waals surface area (Å²) in [5.74, 6) is -1.00. The Morgan fingerprint density at radius 1 is 1.22 bits per heavy atom. The monoisotopic (exact) mass is 422 g/mol. The molecule has 0 aromatic carbocycles. The van der Waals surface area contributed by atoms with Crippen LogP contribution in [0.4, 0.5) is 0 Å². The van der Waals surface area contributed by atoms with Crippen molar-refractivity contribution in [3.8, 4) is 0 Å². The van der Waals surface area contributed by atoms with E-state index in [9.17, 15) is 14.4 Å². The average Bonchev–Trinajstić information content (AvgIpc) is 2.60. The number of aromatic nitrogens is 1. The lowest BCUT2D eigenvalue weighted by atomic mass is 10.1. The fourth-order valence-electron chi connectivity index (χ4n) is 2.16. The van der Waals surface area contributed by atoms with Crippen molar-refractivity contribution in [1.82, 2.24) is 15.6 Å². The van der Waals surface area contributed by atoms with Crippen molar-refractivity contribution in [2.45, 2.75) is 38.6 Å². The zero-order valence-corrected chi connectivity index (χ0v) is 16.9. The molecule has 10 heteroatoms. The fraction of sp³-hybridized carbons (Fsp3) is 0.529. The van der Waals surface area contributed by atoms with Gasteiger partial charge >= 0.3 is 5.97 Å². The number of unbranched alkanes of at least 4 members (excludes halogenated alkanes) is 1. The summed E-state index contributed by atoms with van der Waals surface area (Å²) in [6.07, 6.45) is 4.96. The van der Waals surface area contributed by atoms with Gasteiger partial charge in [-0.25, -0.2) is 0 Å². The molecule has 0 spiro atoms. The van der Waals surface area contributed by atoms with Crippen LogP contribution in [0.3, 0.4) is 0 Å². The van der Waals surface area contributed by atoms with E-state index >= 15 is 0 Å². The smallest absolute Gasteiger partial charge is 0.308 e. The zero-order chi connectivity index (χ0) is 18.5. The van der Waals surface area contributed by atoms with Crippen molar-refractivity contribution in [2.24, 2.45) is 5.73 Å². The molecule has 8 nitrogen and oxygen atoms in total. The number of carbonyl (C=O) groups excluding carboxylic acids is 3. The number of carbonyl (C=O) groups is 3. The van der Waals surface area contributed by atoms with Gasteiger partial charge in [0.25, 0.3) is 0 Å². The number of pyridine rings is 1. The summed E-state index contributed by atoms with van der Waals surface area (Å²) in [5, 5.41) is 5.28. The quantitative estimate of drug-likeness (QED) is 0.364. The summed E-state index contributed by atoms with van der Waals surface area (Å²) in [6, 6.07) is 2.93. The number of nitrogens with zero attached hydrogens (tertiary/aromatic N) is 1. The molecule has 0 aliphatic carbocycles. The van der Waals surface area contributed by atoms with Gasteiger partial charge < -0.3 is 21.1 Å². The molecule has 154 valence electrons. The summed E-state index contributed by atoms with van der Waals surface area (Å²) < 4.78 is 4.94. The average molecular weight is 423 g/mol. The Balaban J connectivity index is 0. The maximum absolute atomic E-state index is 12.1. The largest absolute Gasteiger partial charge is 0.466 e. The number of hydrogen-bond acceptors (Lipinski definition) is 6. The van der Waals surface area contributed by atoms with Gasteiger partial charge in [0.05, 0.1) is 25.6 Å². The third-order valence-corrected chi connectivity index (χ3v) is 3.40. The van der Waals surface area contributed by atoms with Gasteiger partial charge in [0.2, 0.25) is 11.8 Å². The minimum absolute atomic E-state index is 0.